The number of carbonyl (C=O) groups is 1. The van der Waals surface area contributed by atoms with Gasteiger partial charge >= 0.3 is 5.97 Å². The van der Waals surface area contributed by atoms with Gasteiger partial charge in [-0.3, -0.25) is 9.78 Å². The normalized spacial score (nSPS) is 13.8. The maximum Gasteiger partial charge on any atom is 0.314 e. The number of halogens is 1. The number of carboxylic acids is 1. The quantitative estimate of drug-likeness (QED) is 0.253. The van der Waals surface area contributed by atoms with Gasteiger partial charge in [0.25, 0.3) is 0 Å². The molecule has 0 amide bonds. The summed E-state index contributed by atoms with van der Waals surface area (Å²) in [6.07, 6.45) is 3.73. The van der Waals surface area contributed by atoms with E-state index < -0.39 is 11.4 Å². The van der Waals surface area contributed by atoms with Gasteiger partial charge in [0.1, 0.15) is 5.82 Å². The first-order valence-electron chi connectivity index (χ1n) is 12.5. The molecule has 1 N–H and O–H groups in total. The van der Waals surface area contributed by atoms with Crippen LogP contribution in [0.4, 0.5) is 4.39 Å². The zero-order valence-corrected chi connectivity index (χ0v) is 20.8. The topological polar surface area (TPSA) is 76.2 Å². The number of carboxylic acid groups (broad SMARTS) is 1. The molecule has 0 saturated heterocycles. The van der Waals surface area contributed by atoms with E-state index in [2.05, 4.69) is 10.1 Å². The average molecular weight is 505 g/mol. The van der Waals surface area contributed by atoms with Crippen molar-refractivity contribution >= 4 is 5.97 Å². The van der Waals surface area contributed by atoms with Crippen molar-refractivity contribution in [2.24, 2.45) is 0 Å². The lowest BCUT2D eigenvalue weighted by atomic mass is 9.93. The highest BCUT2D eigenvalue weighted by Gasteiger charge is 2.51. The lowest BCUT2D eigenvalue weighted by molar-refractivity contribution is -0.140. The summed E-state index contributed by atoms with van der Waals surface area (Å²) in [4.78, 5) is 16.0. The highest BCUT2D eigenvalue weighted by Crippen LogP contribution is 2.48. The van der Waals surface area contributed by atoms with Crippen LogP contribution < -0.4 is 0 Å². The van der Waals surface area contributed by atoms with Crippen molar-refractivity contribution in [3.63, 3.8) is 0 Å². The monoisotopic (exact) mass is 504 g/mol. The molecule has 0 unspecified atom stereocenters. The van der Waals surface area contributed by atoms with E-state index in [1.165, 1.54) is 12.1 Å². The number of rotatable bonds is 7. The van der Waals surface area contributed by atoms with E-state index in [9.17, 15) is 14.3 Å². The Bertz CT molecular complexity index is 1630. The average Bonchev–Trinajstić information content (AvgIpc) is 3.68. The smallest absolute Gasteiger partial charge is 0.314 e. The number of aromatic nitrogens is 2. The molecule has 0 aliphatic heterocycles. The zero-order valence-electron chi connectivity index (χ0n) is 20.8. The molecule has 6 rings (SSSR count). The van der Waals surface area contributed by atoms with Crippen LogP contribution in [0, 0.1) is 12.7 Å². The third kappa shape index (κ3) is 4.39. The van der Waals surface area contributed by atoms with Crippen molar-refractivity contribution in [3.05, 3.63) is 119 Å². The lowest BCUT2D eigenvalue weighted by Crippen LogP contribution is -2.19. The molecule has 5 aromatic rings. The molecule has 1 aliphatic rings. The summed E-state index contributed by atoms with van der Waals surface area (Å²) < 4.78 is 19.5. The van der Waals surface area contributed by atoms with Crippen LogP contribution >= 0.6 is 0 Å². The number of pyridine rings is 1. The van der Waals surface area contributed by atoms with E-state index >= 15 is 0 Å². The van der Waals surface area contributed by atoms with E-state index in [0.29, 0.717) is 30.7 Å². The SMILES string of the molecule is Cc1noc(-c2ccc(-c3ccc(C4(C(=O)O)CC4)cc3)cc2)c1Cc1ccnc(-c2cccc(F)c2)c1. The molecule has 0 spiro atoms. The summed E-state index contributed by atoms with van der Waals surface area (Å²) in [7, 11) is 0. The highest BCUT2D eigenvalue weighted by atomic mass is 19.1. The third-order valence-corrected chi connectivity index (χ3v) is 7.39. The second-order valence-electron chi connectivity index (χ2n) is 9.85. The van der Waals surface area contributed by atoms with Gasteiger partial charge in [-0.05, 0) is 66.3 Å². The molecular formula is C32H25FN2O3. The number of hydrogen-bond acceptors (Lipinski definition) is 4. The van der Waals surface area contributed by atoms with Crippen LogP contribution in [0.3, 0.4) is 0 Å². The molecule has 0 atom stereocenters. The van der Waals surface area contributed by atoms with Crippen LogP contribution in [-0.2, 0) is 16.6 Å². The number of hydrogen-bond donors (Lipinski definition) is 1. The Morgan fingerprint density at radius 3 is 2.26 bits per heavy atom. The van der Waals surface area contributed by atoms with E-state index in [0.717, 1.165) is 44.6 Å². The van der Waals surface area contributed by atoms with Crippen LogP contribution in [0.2, 0.25) is 0 Å². The summed E-state index contributed by atoms with van der Waals surface area (Å²) in [5.74, 6) is -0.325. The van der Waals surface area contributed by atoms with Crippen molar-refractivity contribution < 1.29 is 18.8 Å². The van der Waals surface area contributed by atoms with Gasteiger partial charge in [0.15, 0.2) is 5.76 Å². The Morgan fingerprint density at radius 2 is 1.61 bits per heavy atom. The first-order valence-corrected chi connectivity index (χ1v) is 12.5. The van der Waals surface area contributed by atoms with Crippen LogP contribution in [0.15, 0.2) is 95.6 Å². The van der Waals surface area contributed by atoms with Crippen molar-refractivity contribution in [1.29, 1.82) is 0 Å². The van der Waals surface area contributed by atoms with Gasteiger partial charge in [-0.15, -0.1) is 0 Å². The maximum absolute atomic E-state index is 13.7. The Balaban J connectivity index is 1.24. The van der Waals surface area contributed by atoms with E-state index in [4.69, 9.17) is 4.52 Å². The number of benzene rings is 3. The summed E-state index contributed by atoms with van der Waals surface area (Å²) in [5, 5.41) is 13.8. The molecule has 1 fully saturated rings. The van der Waals surface area contributed by atoms with Crippen molar-refractivity contribution in [3.8, 4) is 33.7 Å². The predicted octanol–water partition coefficient (Wildman–Crippen LogP) is 7.23. The molecule has 1 aliphatic carbocycles. The molecular weight excluding hydrogens is 479 g/mol. The first kappa shape index (κ1) is 23.8. The minimum atomic E-state index is -0.746. The minimum Gasteiger partial charge on any atom is -0.481 e. The van der Waals surface area contributed by atoms with Gasteiger partial charge < -0.3 is 9.63 Å². The fourth-order valence-electron chi connectivity index (χ4n) is 4.96. The zero-order chi connectivity index (χ0) is 26.3. The summed E-state index contributed by atoms with van der Waals surface area (Å²) in [5.41, 5.74) is 7.42. The van der Waals surface area contributed by atoms with E-state index in [1.54, 1.807) is 12.3 Å². The maximum atomic E-state index is 13.7. The van der Waals surface area contributed by atoms with Gasteiger partial charge in [-0.1, -0.05) is 65.8 Å². The molecule has 38 heavy (non-hydrogen) atoms. The summed E-state index contributed by atoms with van der Waals surface area (Å²) >= 11 is 0. The standard InChI is InChI=1S/C32H25FN2O3/c1-20-28(17-21-13-16-34-29(18-21)25-3-2-4-27(33)19-25)30(38-35-20)24-7-5-22(6-8-24)23-9-11-26(12-10-23)32(14-15-32)31(36)37/h2-13,16,18-19H,14-15,17H2,1H3,(H,36,37). The molecule has 6 heteroatoms. The van der Waals surface area contributed by atoms with Crippen LogP contribution in [0.5, 0.6) is 0 Å². The molecule has 0 bridgehead atoms. The van der Waals surface area contributed by atoms with Gasteiger partial charge in [0.2, 0.25) is 0 Å². The second-order valence-corrected chi connectivity index (χ2v) is 9.85. The van der Waals surface area contributed by atoms with Crippen LogP contribution in [0.1, 0.15) is 35.2 Å². The lowest BCUT2D eigenvalue weighted by Gasteiger charge is -2.11. The Morgan fingerprint density at radius 1 is 0.921 bits per heavy atom. The summed E-state index contributed by atoms with van der Waals surface area (Å²) in [6.45, 7) is 1.93. The predicted molar refractivity (Wildman–Crippen MR) is 143 cm³/mol. The first-order chi connectivity index (χ1) is 18.4. The fraction of sp³-hybridized carbons (Fsp3) is 0.156. The van der Waals surface area contributed by atoms with Crippen LogP contribution in [0.25, 0.3) is 33.7 Å². The number of nitrogens with zero attached hydrogens (tertiary/aromatic N) is 2. The van der Waals surface area contributed by atoms with Crippen molar-refractivity contribution in [2.45, 2.75) is 31.6 Å². The van der Waals surface area contributed by atoms with Gasteiger partial charge in [-0.25, -0.2) is 4.39 Å². The molecule has 5 nitrogen and oxygen atoms in total. The Labute approximate surface area is 219 Å². The Hall–Kier alpha value is -4.58. The largest absolute Gasteiger partial charge is 0.481 e. The molecule has 3 aromatic carbocycles. The Kier molecular flexibility index (Phi) is 5.87. The second kappa shape index (κ2) is 9.38. The van der Waals surface area contributed by atoms with Gasteiger partial charge in [-0.2, -0.15) is 0 Å². The van der Waals surface area contributed by atoms with E-state index in [-0.39, 0.29) is 5.82 Å². The molecule has 2 heterocycles. The molecule has 0 radical (unpaired) electrons. The van der Waals surface area contributed by atoms with Crippen LogP contribution in [-0.4, -0.2) is 21.2 Å². The van der Waals surface area contributed by atoms with Gasteiger partial charge in [0.05, 0.1) is 16.8 Å². The molecule has 1 saturated carbocycles. The highest BCUT2D eigenvalue weighted by molar-refractivity contribution is 5.85. The van der Waals surface area contributed by atoms with Crippen molar-refractivity contribution in [1.82, 2.24) is 10.1 Å². The molecule has 188 valence electrons. The minimum absolute atomic E-state index is 0.293. The summed E-state index contributed by atoms with van der Waals surface area (Å²) in [6, 6.07) is 26.2. The van der Waals surface area contributed by atoms with Crippen molar-refractivity contribution in [2.75, 3.05) is 0 Å². The molecule has 2 aromatic heterocycles. The fourth-order valence-corrected chi connectivity index (χ4v) is 4.96. The number of aliphatic carboxylic acids is 1. The van der Waals surface area contributed by atoms with E-state index in [1.807, 2.05) is 73.7 Å². The third-order valence-electron chi connectivity index (χ3n) is 7.39. The van der Waals surface area contributed by atoms with Gasteiger partial charge in [0, 0.05) is 29.3 Å². The number of aryl methyl sites for hydroxylation is 1.